The van der Waals surface area contributed by atoms with Crippen LogP contribution in [0, 0.1) is 11.7 Å². The topological polar surface area (TPSA) is 29.1 Å². The third-order valence-electron chi connectivity index (χ3n) is 2.92. The van der Waals surface area contributed by atoms with Crippen molar-refractivity contribution >= 4 is 11.6 Å². The second-order valence-electron chi connectivity index (χ2n) is 4.31. The van der Waals surface area contributed by atoms with Crippen molar-refractivity contribution in [2.45, 2.75) is 26.2 Å². The maximum absolute atomic E-state index is 13.5. The Balaban J connectivity index is 2.51. The fourth-order valence-corrected chi connectivity index (χ4v) is 2.08. The Hall–Kier alpha value is -1.38. The van der Waals surface area contributed by atoms with Crippen molar-refractivity contribution in [3.05, 3.63) is 29.6 Å². The molecule has 0 saturated carbocycles. The largest absolute Gasteiger partial charge is 0.323 e. The van der Waals surface area contributed by atoms with Gasteiger partial charge in [0.25, 0.3) is 0 Å². The van der Waals surface area contributed by atoms with Gasteiger partial charge in [-0.3, -0.25) is 4.79 Å². The number of nitrogens with one attached hydrogen (secondary N) is 1. The van der Waals surface area contributed by atoms with Gasteiger partial charge in [-0.2, -0.15) is 0 Å². The van der Waals surface area contributed by atoms with Crippen LogP contribution in [0.2, 0.25) is 0 Å². The molecule has 1 atom stereocenters. The smallest absolute Gasteiger partial charge is 0.225 e. The Kier molecular flexibility index (Phi) is 2.47. The first kappa shape index (κ1) is 10.1. The molecule has 0 aromatic heterocycles. The molecule has 3 heteroatoms. The number of hydrogen-bond acceptors (Lipinski definition) is 1. The van der Waals surface area contributed by atoms with Gasteiger partial charge in [0, 0.05) is 6.42 Å². The number of fused-ring (bicyclic) bond motifs is 1. The molecule has 2 nitrogen and oxygen atoms in total. The van der Waals surface area contributed by atoms with Crippen molar-refractivity contribution in [2.75, 3.05) is 5.32 Å². The van der Waals surface area contributed by atoms with Crippen molar-refractivity contribution in [3.63, 3.8) is 0 Å². The van der Waals surface area contributed by atoms with E-state index >= 15 is 0 Å². The Bertz CT molecular complexity index is 401. The average molecular weight is 207 g/mol. The van der Waals surface area contributed by atoms with Crippen LogP contribution in [0.5, 0.6) is 0 Å². The molecule has 0 spiro atoms. The number of hydrogen-bond donors (Lipinski definition) is 1. The number of amides is 1. The molecule has 0 fully saturated rings. The summed E-state index contributed by atoms with van der Waals surface area (Å²) in [6.45, 7) is 4.11. The summed E-state index contributed by atoms with van der Waals surface area (Å²) < 4.78 is 13.5. The third kappa shape index (κ3) is 1.74. The molecule has 0 bridgehead atoms. The highest BCUT2D eigenvalue weighted by atomic mass is 19.1. The van der Waals surface area contributed by atoms with E-state index in [9.17, 15) is 9.18 Å². The lowest BCUT2D eigenvalue weighted by Crippen LogP contribution is -2.26. The molecular weight excluding hydrogens is 193 g/mol. The molecule has 1 aliphatic heterocycles. The molecule has 0 saturated heterocycles. The number of halogens is 1. The summed E-state index contributed by atoms with van der Waals surface area (Å²) in [5.74, 6) is 0.0403. The summed E-state index contributed by atoms with van der Waals surface area (Å²) in [6, 6.07) is 4.96. The van der Waals surface area contributed by atoms with Crippen molar-refractivity contribution in [3.8, 4) is 0 Å². The molecule has 1 unspecified atom stereocenters. The SMILES string of the molecule is CC(C)C1CC(=O)Nc2c(F)cccc21. The Labute approximate surface area is 88.5 Å². The number of carbonyl (C=O) groups is 1. The van der Waals surface area contributed by atoms with E-state index in [4.69, 9.17) is 0 Å². The molecule has 1 N–H and O–H groups in total. The highest BCUT2D eigenvalue weighted by Crippen LogP contribution is 2.38. The number of carbonyl (C=O) groups excluding carboxylic acids is 1. The first-order valence-electron chi connectivity index (χ1n) is 5.18. The first-order valence-corrected chi connectivity index (χ1v) is 5.18. The van der Waals surface area contributed by atoms with E-state index < -0.39 is 0 Å². The van der Waals surface area contributed by atoms with Gasteiger partial charge in [-0.05, 0) is 23.5 Å². The predicted octanol–water partition coefficient (Wildman–Crippen LogP) is 2.91. The number of rotatable bonds is 1. The lowest BCUT2D eigenvalue weighted by Gasteiger charge is -2.28. The molecule has 0 radical (unpaired) electrons. The predicted molar refractivity (Wildman–Crippen MR) is 57.2 cm³/mol. The van der Waals surface area contributed by atoms with Gasteiger partial charge < -0.3 is 5.32 Å². The summed E-state index contributed by atoms with van der Waals surface area (Å²) in [5, 5.41) is 2.60. The Morgan fingerprint density at radius 3 is 2.87 bits per heavy atom. The molecule has 15 heavy (non-hydrogen) atoms. The Morgan fingerprint density at radius 1 is 1.47 bits per heavy atom. The van der Waals surface area contributed by atoms with Crippen molar-refractivity contribution in [2.24, 2.45) is 5.92 Å². The zero-order chi connectivity index (χ0) is 11.0. The van der Waals surface area contributed by atoms with Crippen molar-refractivity contribution < 1.29 is 9.18 Å². The normalized spacial score (nSPS) is 20.0. The van der Waals surface area contributed by atoms with E-state index in [1.54, 1.807) is 6.07 Å². The third-order valence-corrected chi connectivity index (χ3v) is 2.92. The van der Waals surface area contributed by atoms with Gasteiger partial charge in [0.1, 0.15) is 5.82 Å². The molecule has 1 aliphatic rings. The summed E-state index contributed by atoms with van der Waals surface area (Å²) in [5.41, 5.74) is 1.29. The maximum Gasteiger partial charge on any atom is 0.225 e. The molecule has 1 heterocycles. The van der Waals surface area contributed by atoms with Gasteiger partial charge in [-0.25, -0.2) is 4.39 Å². The first-order chi connectivity index (χ1) is 7.09. The lowest BCUT2D eigenvalue weighted by molar-refractivity contribution is -0.117. The summed E-state index contributed by atoms with van der Waals surface area (Å²) >= 11 is 0. The standard InChI is InChI=1S/C12H14FNO/c1-7(2)9-6-11(15)14-12-8(9)4-3-5-10(12)13/h3-5,7,9H,6H2,1-2H3,(H,14,15). The van der Waals surface area contributed by atoms with Crippen LogP contribution in [-0.4, -0.2) is 5.91 Å². The van der Waals surface area contributed by atoms with E-state index in [1.807, 2.05) is 6.07 Å². The zero-order valence-corrected chi connectivity index (χ0v) is 8.88. The minimum atomic E-state index is -0.341. The second kappa shape index (κ2) is 3.65. The van der Waals surface area contributed by atoms with Crippen LogP contribution in [0.15, 0.2) is 18.2 Å². The quantitative estimate of drug-likeness (QED) is 0.753. The molecule has 1 aromatic carbocycles. The highest BCUT2D eigenvalue weighted by Gasteiger charge is 2.28. The van der Waals surface area contributed by atoms with Crippen molar-refractivity contribution in [1.29, 1.82) is 0 Å². The molecule has 2 rings (SSSR count). The number of benzene rings is 1. The summed E-state index contributed by atoms with van der Waals surface area (Å²) in [7, 11) is 0. The van der Waals surface area contributed by atoms with E-state index in [0.29, 0.717) is 18.0 Å². The molecular formula is C12H14FNO. The summed E-state index contributed by atoms with van der Waals surface area (Å²) in [6.07, 6.45) is 0.452. The van der Waals surface area contributed by atoms with Gasteiger partial charge in [0.05, 0.1) is 5.69 Å². The van der Waals surface area contributed by atoms with Gasteiger partial charge in [0.15, 0.2) is 0 Å². The van der Waals surface area contributed by atoms with E-state index in [-0.39, 0.29) is 17.6 Å². The lowest BCUT2D eigenvalue weighted by atomic mass is 9.82. The van der Waals surface area contributed by atoms with Gasteiger partial charge in [0.2, 0.25) is 5.91 Å². The van der Waals surface area contributed by atoms with Crippen LogP contribution >= 0.6 is 0 Å². The van der Waals surface area contributed by atoms with Gasteiger partial charge >= 0.3 is 0 Å². The number of anilines is 1. The van der Waals surface area contributed by atoms with Crippen LogP contribution in [0.3, 0.4) is 0 Å². The van der Waals surface area contributed by atoms with E-state index in [1.165, 1.54) is 6.07 Å². The van der Waals surface area contributed by atoms with Gasteiger partial charge in [-0.15, -0.1) is 0 Å². The summed E-state index contributed by atoms with van der Waals surface area (Å²) in [4.78, 5) is 11.4. The van der Waals surface area contributed by atoms with E-state index in [2.05, 4.69) is 19.2 Å². The van der Waals surface area contributed by atoms with Crippen LogP contribution < -0.4 is 5.32 Å². The van der Waals surface area contributed by atoms with Crippen LogP contribution in [0.25, 0.3) is 0 Å². The maximum atomic E-state index is 13.5. The monoisotopic (exact) mass is 207 g/mol. The van der Waals surface area contributed by atoms with Crippen LogP contribution in [0.1, 0.15) is 31.7 Å². The molecule has 0 aliphatic carbocycles. The van der Waals surface area contributed by atoms with Crippen LogP contribution in [-0.2, 0) is 4.79 Å². The fraction of sp³-hybridized carbons (Fsp3) is 0.417. The number of para-hydroxylation sites is 1. The van der Waals surface area contributed by atoms with Crippen LogP contribution in [0.4, 0.5) is 10.1 Å². The second-order valence-corrected chi connectivity index (χ2v) is 4.31. The molecule has 1 amide bonds. The van der Waals surface area contributed by atoms with E-state index in [0.717, 1.165) is 5.56 Å². The minimum absolute atomic E-state index is 0.0914. The van der Waals surface area contributed by atoms with Crippen molar-refractivity contribution in [1.82, 2.24) is 0 Å². The highest BCUT2D eigenvalue weighted by molar-refractivity contribution is 5.94. The average Bonchev–Trinajstić information content (AvgIpc) is 2.18. The van der Waals surface area contributed by atoms with Gasteiger partial charge in [-0.1, -0.05) is 26.0 Å². The zero-order valence-electron chi connectivity index (χ0n) is 8.88. The molecule has 80 valence electrons. The fourth-order valence-electron chi connectivity index (χ4n) is 2.08. The molecule has 1 aromatic rings. The Morgan fingerprint density at radius 2 is 2.20 bits per heavy atom. The minimum Gasteiger partial charge on any atom is -0.323 e.